The minimum absolute atomic E-state index is 0.206. The zero-order valence-corrected chi connectivity index (χ0v) is 12.2. The van der Waals surface area contributed by atoms with Crippen LogP contribution in [0.3, 0.4) is 0 Å². The van der Waals surface area contributed by atoms with Crippen LogP contribution < -0.4 is 9.47 Å². The molecule has 0 atom stereocenters. The molecule has 0 fully saturated rings. The molecule has 0 N–H and O–H groups in total. The van der Waals surface area contributed by atoms with Gasteiger partial charge in [-0.05, 0) is 33.0 Å². The third kappa shape index (κ3) is 3.27. The topological polar surface area (TPSA) is 79.4 Å². The lowest BCUT2D eigenvalue weighted by atomic mass is 10.3. The summed E-state index contributed by atoms with van der Waals surface area (Å²) in [6.07, 6.45) is 1.55. The number of rotatable bonds is 6. The van der Waals surface area contributed by atoms with Crippen LogP contribution in [0.15, 0.2) is 34.9 Å². The van der Waals surface area contributed by atoms with Crippen LogP contribution in [-0.4, -0.2) is 28.4 Å². The first-order valence-corrected chi connectivity index (χ1v) is 6.54. The number of benzene rings is 1. The Morgan fingerprint density at radius 3 is 2.70 bits per heavy atom. The molecule has 8 heteroatoms. The molecule has 0 saturated carbocycles. The first kappa shape index (κ1) is 14.3. The van der Waals surface area contributed by atoms with Crippen molar-refractivity contribution in [2.24, 2.45) is 0 Å². The second kappa shape index (κ2) is 6.38. The lowest BCUT2D eigenvalue weighted by molar-refractivity contribution is -0.390. The zero-order valence-electron chi connectivity index (χ0n) is 10.7. The second-order valence-electron chi connectivity index (χ2n) is 3.82. The first-order valence-electron chi connectivity index (χ1n) is 5.75. The van der Waals surface area contributed by atoms with Gasteiger partial charge in [-0.15, -0.1) is 0 Å². The molecular formula is C12H12BrN3O4. The van der Waals surface area contributed by atoms with E-state index >= 15 is 0 Å². The largest absolute Gasteiger partial charge is 0.493 e. The number of halogens is 1. The highest BCUT2D eigenvalue weighted by atomic mass is 79.9. The van der Waals surface area contributed by atoms with Gasteiger partial charge in [0.25, 0.3) is 0 Å². The minimum atomic E-state index is -0.540. The first-order chi connectivity index (χ1) is 9.61. The van der Waals surface area contributed by atoms with E-state index < -0.39 is 4.92 Å². The van der Waals surface area contributed by atoms with Crippen LogP contribution in [0.4, 0.5) is 5.82 Å². The SMILES string of the molecule is COc1ccccc1OCCn1cc(Br)c([N+](=O)[O-])n1. The molecule has 0 spiro atoms. The molecule has 7 nitrogen and oxygen atoms in total. The van der Waals surface area contributed by atoms with Gasteiger partial charge in [0.1, 0.15) is 11.1 Å². The van der Waals surface area contributed by atoms with E-state index in [-0.39, 0.29) is 5.82 Å². The minimum Gasteiger partial charge on any atom is -0.493 e. The summed E-state index contributed by atoms with van der Waals surface area (Å²) in [4.78, 5) is 10.1. The van der Waals surface area contributed by atoms with E-state index in [1.54, 1.807) is 25.4 Å². The van der Waals surface area contributed by atoms with Gasteiger partial charge >= 0.3 is 5.82 Å². The van der Waals surface area contributed by atoms with Crippen molar-refractivity contribution >= 4 is 21.7 Å². The Kier molecular flexibility index (Phi) is 4.57. The number of nitrogens with zero attached hydrogens (tertiary/aromatic N) is 3. The van der Waals surface area contributed by atoms with Crippen LogP contribution in [0, 0.1) is 10.1 Å². The fourth-order valence-corrected chi connectivity index (χ4v) is 2.07. The average Bonchev–Trinajstić information content (AvgIpc) is 2.80. The molecule has 20 heavy (non-hydrogen) atoms. The number of aromatic nitrogens is 2. The van der Waals surface area contributed by atoms with Crippen LogP contribution in [-0.2, 0) is 6.54 Å². The number of para-hydroxylation sites is 2. The van der Waals surface area contributed by atoms with Gasteiger partial charge in [0.15, 0.2) is 11.5 Å². The Balaban J connectivity index is 1.96. The Labute approximate surface area is 123 Å². The van der Waals surface area contributed by atoms with Crippen LogP contribution in [0.5, 0.6) is 11.5 Å². The van der Waals surface area contributed by atoms with E-state index in [1.807, 2.05) is 12.1 Å². The van der Waals surface area contributed by atoms with Gasteiger partial charge in [0, 0.05) is 0 Å². The molecule has 0 amide bonds. The van der Waals surface area contributed by atoms with Crippen molar-refractivity contribution in [1.29, 1.82) is 0 Å². The van der Waals surface area contributed by atoms with E-state index in [2.05, 4.69) is 21.0 Å². The van der Waals surface area contributed by atoms with Gasteiger partial charge < -0.3 is 19.6 Å². The maximum Gasteiger partial charge on any atom is 0.404 e. The Morgan fingerprint density at radius 1 is 1.40 bits per heavy atom. The van der Waals surface area contributed by atoms with E-state index in [1.165, 1.54) is 4.68 Å². The Morgan fingerprint density at radius 2 is 2.10 bits per heavy atom. The van der Waals surface area contributed by atoms with Gasteiger partial charge in [-0.1, -0.05) is 12.1 Å². The van der Waals surface area contributed by atoms with Crippen molar-refractivity contribution in [2.75, 3.05) is 13.7 Å². The highest BCUT2D eigenvalue weighted by Crippen LogP contribution is 2.26. The van der Waals surface area contributed by atoms with Crippen LogP contribution >= 0.6 is 15.9 Å². The molecule has 0 aliphatic carbocycles. The van der Waals surface area contributed by atoms with Crippen LogP contribution in [0.1, 0.15) is 0 Å². The van der Waals surface area contributed by atoms with Crippen molar-refractivity contribution in [3.63, 3.8) is 0 Å². The van der Waals surface area contributed by atoms with Crippen molar-refractivity contribution < 1.29 is 14.4 Å². The van der Waals surface area contributed by atoms with Gasteiger partial charge in [0.2, 0.25) is 0 Å². The normalized spacial score (nSPS) is 10.3. The van der Waals surface area contributed by atoms with E-state index in [0.717, 1.165) is 0 Å². The lowest BCUT2D eigenvalue weighted by Crippen LogP contribution is -2.09. The summed E-state index contributed by atoms with van der Waals surface area (Å²) in [5.74, 6) is 1.05. The Hall–Kier alpha value is -2.09. The number of nitro groups is 1. The monoisotopic (exact) mass is 341 g/mol. The standard InChI is InChI=1S/C12H12BrN3O4/c1-19-10-4-2-3-5-11(10)20-7-6-15-8-9(13)12(14-15)16(17)18/h2-5,8H,6-7H2,1H3. The van der Waals surface area contributed by atoms with Crippen molar-refractivity contribution in [2.45, 2.75) is 6.54 Å². The Bertz CT molecular complexity index is 614. The second-order valence-corrected chi connectivity index (χ2v) is 4.67. The summed E-state index contributed by atoms with van der Waals surface area (Å²) < 4.78 is 12.5. The molecule has 2 aromatic rings. The van der Waals surface area contributed by atoms with Gasteiger partial charge in [-0.3, -0.25) is 0 Å². The van der Waals surface area contributed by atoms with Crippen molar-refractivity contribution in [1.82, 2.24) is 9.78 Å². The van der Waals surface area contributed by atoms with E-state index in [4.69, 9.17) is 9.47 Å². The fraction of sp³-hybridized carbons (Fsp3) is 0.250. The third-order valence-electron chi connectivity index (χ3n) is 2.52. The molecule has 0 unspecified atom stereocenters. The summed E-state index contributed by atoms with van der Waals surface area (Å²) in [5, 5.41) is 14.5. The average molecular weight is 342 g/mol. The molecule has 2 rings (SSSR count). The molecule has 106 valence electrons. The fourth-order valence-electron chi connectivity index (χ4n) is 1.61. The van der Waals surface area contributed by atoms with E-state index in [9.17, 15) is 10.1 Å². The summed E-state index contributed by atoms with van der Waals surface area (Å²) in [7, 11) is 1.57. The molecule has 0 aliphatic rings. The third-order valence-corrected chi connectivity index (χ3v) is 3.08. The number of hydrogen-bond acceptors (Lipinski definition) is 5. The molecule has 1 heterocycles. The molecule has 1 aromatic heterocycles. The summed E-state index contributed by atoms with van der Waals surface area (Å²) >= 11 is 3.09. The van der Waals surface area contributed by atoms with Crippen molar-refractivity contribution in [3.8, 4) is 11.5 Å². The predicted octanol–water partition coefficient (Wildman–Crippen LogP) is 2.64. The lowest BCUT2D eigenvalue weighted by Gasteiger charge is -2.09. The quantitative estimate of drug-likeness (QED) is 0.596. The summed E-state index contributed by atoms with van der Waals surface area (Å²) in [6.45, 7) is 0.718. The summed E-state index contributed by atoms with van der Waals surface area (Å²) in [6, 6.07) is 7.28. The van der Waals surface area contributed by atoms with Crippen LogP contribution in [0.25, 0.3) is 0 Å². The maximum absolute atomic E-state index is 10.7. The predicted molar refractivity (Wildman–Crippen MR) is 75.1 cm³/mol. The van der Waals surface area contributed by atoms with Gasteiger partial charge in [0.05, 0.1) is 25.0 Å². The summed E-state index contributed by atoms with van der Waals surface area (Å²) in [5.41, 5.74) is 0. The van der Waals surface area contributed by atoms with Crippen molar-refractivity contribution in [3.05, 3.63) is 45.0 Å². The smallest absolute Gasteiger partial charge is 0.404 e. The maximum atomic E-state index is 10.7. The molecular weight excluding hydrogens is 330 g/mol. The van der Waals surface area contributed by atoms with E-state index in [0.29, 0.717) is 29.1 Å². The number of methoxy groups -OCH3 is 1. The highest BCUT2D eigenvalue weighted by molar-refractivity contribution is 9.10. The highest BCUT2D eigenvalue weighted by Gasteiger charge is 2.18. The number of hydrogen-bond donors (Lipinski definition) is 0. The molecule has 0 saturated heterocycles. The zero-order chi connectivity index (χ0) is 14.5. The molecule has 0 bridgehead atoms. The molecule has 0 radical (unpaired) electrons. The van der Waals surface area contributed by atoms with Crippen LogP contribution in [0.2, 0.25) is 0 Å². The number of ether oxygens (including phenoxy) is 2. The van der Waals surface area contributed by atoms with Gasteiger partial charge in [-0.2, -0.15) is 4.68 Å². The molecule has 1 aromatic carbocycles. The molecule has 0 aliphatic heterocycles. The van der Waals surface area contributed by atoms with Gasteiger partial charge in [-0.25, -0.2) is 0 Å².